The number of rotatable bonds is 7. The first-order valence-corrected chi connectivity index (χ1v) is 10.8. The molecule has 0 aliphatic carbocycles. The largest absolute Gasteiger partial charge is 0.491 e. The van der Waals surface area contributed by atoms with E-state index < -0.39 is 47.6 Å². The van der Waals surface area contributed by atoms with Crippen LogP contribution < -0.4 is 11.1 Å². The van der Waals surface area contributed by atoms with Crippen LogP contribution in [0.2, 0.25) is 0 Å². The van der Waals surface area contributed by atoms with Crippen LogP contribution in [-0.2, 0) is 30.4 Å². The molecule has 3 N–H and O–H groups in total. The molecular formula is C22H27F6N3O5. The first-order chi connectivity index (χ1) is 16.3. The highest BCUT2D eigenvalue weighted by atomic mass is 19.4. The molecule has 0 aromatic heterocycles. The molecule has 2 rings (SSSR count). The van der Waals surface area contributed by atoms with Crippen molar-refractivity contribution in [1.29, 1.82) is 0 Å². The number of esters is 2. The summed E-state index contributed by atoms with van der Waals surface area (Å²) in [6, 6.07) is 5.01. The lowest BCUT2D eigenvalue weighted by Gasteiger charge is -2.37. The number of hydrogen-bond donors (Lipinski definition) is 2. The summed E-state index contributed by atoms with van der Waals surface area (Å²) in [5.41, 5.74) is 2.34. The van der Waals surface area contributed by atoms with Crippen molar-refractivity contribution >= 4 is 17.8 Å². The van der Waals surface area contributed by atoms with E-state index in [1.165, 1.54) is 12.1 Å². The number of hydrogen-bond acceptors (Lipinski definition) is 7. The zero-order valence-electron chi connectivity index (χ0n) is 19.8. The molecule has 14 heteroatoms. The van der Waals surface area contributed by atoms with E-state index in [2.05, 4.69) is 14.8 Å². The molecule has 8 nitrogen and oxygen atoms in total. The summed E-state index contributed by atoms with van der Waals surface area (Å²) in [5.74, 6) is -7.20. The zero-order chi connectivity index (χ0) is 27.5. The fourth-order valence-corrected chi connectivity index (χ4v) is 3.34. The molecule has 0 spiro atoms. The van der Waals surface area contributed by atoms with Crippen LogP contribution in [0.25, 0.3) is 0 Å². The quantitative estimate of drug-likeness (QED) is 0.319. The average Bonchev–Trinajstić information content (AvgIpc) is 3.28. The van der Waals surface area contributed by atoms with Gasteiger partial charge in [-0.1, -0.05) is 24.3 Å². The highest BCUT2D eigenvalue weighted by Gasteiger charge is 2.57. The second-order valence-corrected chi connectivity index (χ2v) is 9.31. The number of carbonyl (C=O) groups is 3. The molecule has 1 aliphatic rings. The molecule has 1 fully saturated rings. The van der Waals surface area contributed by atoms with Crippen molar-refractivity contribution < 1.29 is 50.2 Å². The van der Waals surface area contributed by atoms with Crippen LogP contribution in [0.1, 0.15) is 50.8 Å². The van der Waals surface area contributed by atoms with Gasteiger partial charge in [0.05, 0.1) is 0 Å². The highest BCUT2D eigenvalue weighted by molar-refractivity contribution is 5.90. The van der Waals surface area contributed by atoms with Crippen LogP contribution >= 0.6 is 0 Å². The number of halogens is 6. The third-order valence-corrected chi connectivity index (χ3v) is 5.17. The van der Waals surface area contributed by atoms with Crippen LogP contribution in [0, 0.1) is 0 Å². The van der Waals surface area contributed by atoms with E-state index in [0.717, 1.165) is 17.0 Å². The number of carbonyl (C=O) groups excluding carboxylic acids is 3. The van der Waals surface area contributed by atoms with Crippen molar-refractivity contribution in [1.82, 2.24) is 10.2 Å². The van der Waals surface area contributed by atoms with Gasteiger partial charge in [-0.3, -0.25) is 10.5 Å². The van der Waals surface area contributed by atoms with Gasteiger partial charge in [0.15, 0.2) is 6.10 Å². The number of benzene rings is 1. The Labute approximate surface area is 203 Å². The molecule has 2 atom stereocenters. The molecule has 1 aromatic carbocycles. The third-order valence-electron chi connectivity index (χ3n) is 5.17. The number of amides is 1. The van der Waals surface area contributed by atoms with Crippen molar-refractivity contribution in [2.45, 2.75) is 69.9 Å². The predicted molar refractivity (Wildman–Crippen MR) is 113 cm³/mol. The van der Waals surface area contributed by atoms with E-state index in [1.807, 2.05) is 20.8 Å². The Bertz CT molecular complexity index is 953. The molecule has 1 amide bonds. The lowest BCUT2D eigenvalue weighted by atomic mass is 9.96. The summed E-state index contributed by atoms with van der Waals surface area (Å²) in [5, 5.41) is 3.15. The van der Waals surface area contributed by atoms with Crippen molar-refractivity contribution in [2.75, 3.05) is 13.1 Å². The van der Waals surface area contributed by atoms with E-state index in [1.54, 1.807) is 0 Å². The smallest absolute Gasteiger partial charge is 0.444 e. The average molecular weight is 527 g/mol. The second-order valence-electron chi connectivity index (χ2n) is 9.31. The normalized spacial score (nSPS) is 17.3. The Morgan fingerprint density at radius 2 is 1.44 bits per heavy atom. The fourth-order valence-electron chi connectivity index (χ4n) is 3.34. The highest BCUT2D eigenvalue weighted by Crippen LogP contribution is 2.36. The number of nitrogens with one attached hydrogen (secondary N) is 1. The molecule has 1 aromatic rings. The van der Waals surface area contributed by atoms with Gasteiger partial charge in [0.25, 0.3) is 11.6 Å². The molecule has 0 saturated carbocycles. The van der Waals surface area contributed by atoms with Gasteiger partial charge in [-0.25, -0.2) is 9.59 Å². The third kappa shape index (κ3) is 7.56. The van der Waals surface area contributed by atoms with Crippen molar-refractivity contribution in [3.8, 4) is 0 Å². The summed E-state index contributed by atoms with van der Waals surface area (Å²) < 4.78 is 86.9. The molecule has 36 heavy (non-hydrogen) atoms. The number of likely N-dealkylation sites (tertiary alicyclic amines) is 1. The Hall–Kier alpha value is -2.87. The molecule has 2 unspecified atom stereocenters. The number of alkyl halides is 6. The van der Waals surface area contributed by atoms with E-state index >= 15 is 0 Å². The summed E-state index contributed by atoms with van der Waals surface area (Å²) in [7, 11) is 0. The molecule has 0 radical (unpaired) electrons. The molecule has 1 saturated heterocycles. The van der Waals surface area contributed by atoms with Crippen molar-refractivity contribution in [3.05, 3.63) is 35.4 Å². The SMILES string of the molecule is CC(C)(C)NCc1ccc(C(OC(=O)C(F)(F)F)C(N)(OC(=O)C(F)(F)F)C(=O)N2CCCC2)cc1. The van der Waals surface area contributed by atoms with Crippen molar-refractivity contribution in [3.63, 3.8) is 0 Å². The first kappa shape index (κ1) is 29.4. The Morgan fingerprint density at radius 3 is 1.89 bits per heavy atom. The van der Waals surface area contributed by atoms with Crippen LogP contribution in [0.5, 0.6) is 0 Å². The minimum atomic E-state index is -5.64. The maximum absolute atomic E-state index is 13.1. The number of ether oxygens (including phenoxy) is 2. The monoisotopic (exact) mass is 527 g/mol. The van der Waals surface area contributed by atoms with E-state index in [0.29, 0.717) is 24.9 Å². The molecule has 202 valence electrons. The van der Waals surface area contributed by atoms with E-state index in [-0.39, 0.29) is 18.6 Å². The van der Waals surface area contributed by atoms with Gasteiger partial charge in [-0.15, -0.1) is 0 Å². The summed E-state index contributed by atoms with van der Waals surface area (Å²) in [6.45, 7) is 5.96. The lowest BCUT2D eigenvalue weighted by molar-refractivity contribution is -0.236. The Morgan fingerprint density at radius 1 is 0.944 bits per heavy atom. The second kappa shape index (κ2) is 10.6. The minimum Gasteiger partial charge on any atom is -0.444 e. The van der Waals surface area contributed by atoms with Gasteiger partial charge < -0.3 is 19.7 Å². The molecular weight excluding hydrogens is 500 g/mol. The summed E-state index contributed by atoms with van der Waals surface area (Å²) >= 11 is 0. The van der Waals surface area contributed by atoms with Crippen LogP contribution in [0.3, 0.4) is 0 Å². The van der Waals surface area contributed by atoms with Crippen LogP contribution in [0.4, 0.5) is 26.3 Å². The number of nitrogens with two attached hydrogens (primary N) is 1. The molecule has 1 aliphatic heterocycles. The first-order valence-electron chi connectivity index (χ1n) is 10.8. The van der Waals surface area contributed by atoms with Gasteiger partial charge in [-0.05, 0) is 44.7 Å². The standard InChI is InChI=1S/C22H27F6N3O5/c1-19(2,3)30-12-13-6-8-14(9-7-13)15(35-17(33)21(23,24)25)20(29,36-18(34)22(26,27)28)16(32)31-10-4-5-11-31/h6-9,15,30H,4-5,10-12,29H2,1-3H3. The topological polar surface area (TPSA) is 111 Å². The maximum atomic E-state index is 13.1. The molecule has 0 bridgehead atoms. The van der Waals surface area contributed by atoms with Gasteiger partial charge >= 0.3 is 24.3 Å². The maximum Gasteiger partial charge on any atom is 0.491 e. The Kier molecular flexibility index (Phi) is 8.67. The van der Waals surface area contributed by atoms with Gasteiger partial charge in [0.1, 0.15) is 0 Å². The number of nitrogens with zero attached hydrogens (tertiary/aromatic N) is 1. The van der Waals surface area contributed by atoms with Crippen LogP contribution in [-0.4, -0.2) is 59.5 Å². The van der Waals surface area contributed by atoms with Crippen LogP contribution in [0.15, 0.2) is 24.3 Å². The summed E-state index contributed by atoms with van der Waals surface area (Å²) in [6.07, 6.45) is -12.9. The van der Waals surface area contributed by atoms with Gasteiger partial charge in [-0.2, -0.15) is 26.3 Å². The van der Waals surface area contributed by atoms with E-state index in [4.69, 9.17) is 5.73 Å². The minimum absolute atomic E-state index is 0.00129. The summed E-state index contributed by atoms with van der Waals surface area (Å²) in [4.78, 5) is 37.4. The van der Waals surface area contributed by atoms with Gasteiger partial charge in [0.2, 0.25) is 0 Å². The van der Waals surface area contributed by atoms with E-state index in [9.17, 15) is 40.7 Å². The predicted octanol–water partition coefficient (Wildman–Crippen LogP) is 3.10. The Balaban J connectivity index is 2.55. The van der Waals surface area contributed by atoms with Gasteiger partial charge in [0, 0.05) is 25.2 Å². The molecule has 1 heterocycles. The lowest BCUT2D eigenvalue weighted by Crippen LogP contribution is -2.63. The fraction of sp³-hybridized carbons (Fsp3) is 0.591. The van der Waals surface area contributed by atoms with Crippen molar-refractivity contribution in [2.24, 2.45) is 5.73 Å². The zero-order valence-corrected chi connectivity index (χ0v) is 19.8.